The number of aromatic nitrogens is 3. The van der Waals surface area contributed by atoms with Crippen molar-refractivity contribution in [2.45, 2.75) is 89.6 Å². The van der Waals surface area contributed by atoms with Gasteiger partial charge in [-0.2, -0.15) is 22.8 Å². The van der Waals surface area contributed by atoms with Crippen molar-refractivity contribution in [2.75, 3.05) is 18.0 Å². The van der Waals surface area contributed by atoms with Gasteiger partial charge in [0.25, 0.3) is 0 Å². The molecule has 1 N–H and O–H groups in total. The fraction of sp³-hybridized carbons (Fsp3) is 0.720. The van der Waals surface area contributed by atoms with Crippen LogP contribution in [0.15, 0.2) is 6.07 Å². The minimum absolute atomic E-state index is 0.00626. The smallest absolute Gasteiger partial charge is 0.391 e. The summed E-state index contributed by atoms with van der Waals surface area (Å²) in [5.41, 5.74) is 2.91. The summed E-state index contributed by atoms with van der Waals surface area (Å²) in [5, 5.41) is 14.8. The molecule has 9 heteroatoms. The van der Waals surface area contributed by atoms with Crippen molar-refractivity contribution in [1.82, 2.24) is 14.6 Å². The zero-order valence-electron chi connectivity index (χ0n) is 19.9. The summed E-state index contributed by atoms with van der Waals surface area (Å²) in [5.74, 6) is -0.775. The number of carbonyl (C=O) groups is 1. The van der Waals surface area contributed by atoms with Gasteiger partial charge in [-0.05, 0) is 70.6 Å². The molecule has 0 unspecified atom stereocenters. The quantitative estimate of drug-likeness (QED) is 0.613. The van der Waals surface area contributed by atoms with Gasteiger partial charge < -0.3 is 10.0 Å². The molecule has 2 aromatic rings. The van der Waals surface area contributed by atoms with Gasteiger partial charge in [0.1, 0.15) is 5.82 Å². The third kappa shape index (κ3) is 4.05. The molecule has 2 fully saturated rings. The second kappa shape index (κ2) is 8.41. The first-order valence-electron chi connectivity index (χ1n) is 12.5. The van der Waals surface area contributed by atoms with E-state index in [4.69, 9.17) is 10.1 Å². The normalized spacial score (nSPS) is 30.4. The third-order valence-corrected chi connectivity index (χ3v) is 8.38. The number of anilines is 1. The lowest BCUT2D eigenvalue weighted by Gasteiger charge is -2.40. The van der Waals surface area contributed by atoms with Crippen LogP contribution >= 0.6 is 0 Å². The Hall–Kier alpha value is -2.32. The summed E-state index contributed by atoms with van der Waals surface area (Å²) >= 11 is 0. The van der Waals surface area contributed by atoms with Crippen LogP contribution in [-0.4, -0.2) is 44.9 Å². The molecule has 2 aliphatic carbocycles. The van der Waals surface area contributed by atoms with E-state index in [1.54, 1.807) is 0 Å². The number of hydrogen-bond donors (Lipinski definition) is 1. The van der Waals surface area contributed by atoms with Gasteiger partial charge >= 0.3 is 12.1 Å². The Balaban J connectivity index is 1.55. The Labute approximate surface area is 197 Å². The average Bonchev–Trinajstić information content (AvgIpc) is 3.21. The Morgan fingerprint density at radius 2 is 1.91 bits per heavy atom. The summed E-state index contributed by atoms with van der Waals surface area (Å²) < 4.78 is 41.3. The summed E-state index contributed by atoms with van der Waals surface area (Å²) in [7, 11) is 0. The standard InChI is InChI=1S/C25H33F3N4O2/c1-15-5-3-6-18-21(15)22(31-12-4-11-24(2,14-31)23(33)34)32-20(29-18)13-19(30-32)16-7-9-17(10-8-16)25(26,27)28/h13,15-17H,3-12,14H2,1-2H3,(H,33,34)/t15-,16?,17?,24-/m1/s1. The lowest BCUT2D eigenvalue weighted by molar-refractivity contribution is -0.182. The molecule has 34 heavy (non-hydrogen) atoms. The highest BCUT2D eigenvalue weighted by atomic mass is 19.4. The number of nitrogens with zero attached hydrogens (tertiary/aromatic N) is 4. The molecule has 0 bridgehead atoms. The molecule has 186 valence electrons. The molecule has 2 atom stereocenters. The summed E-state index contributed by atoms with van der Waals surface area (Å²) in [6.07, 6.45) is 1.50. The SMILES string of the molecule is C[C@@H]1CCCc2nc3cc(C4CCC(C(F)(F)F)CC4)nn3c(N3CCC[C@@](C)(C(=O)O)C3)c21. The van der Waals surface area contributed by atoms with Crippen LogP contribution in [0.3, 0.4) is 0 Å². The molecule has 0 radical (unpaired) electrons. The van der Waals surface area contributed by atoms with Gasteiger partial charge in [0.2, 0.25) is 0 Å². The third-order valence-electron chi connectivity index (χ3n) is 8.38. The topological polar surface area (TPSA) is 70.7 Å². The molecular weight excluding hydrogens is 445 g/mol. The summed E-state index contributed by atoms with van der Waals surface area (Å²) in [6.45, 7) is 5.17. The Bertz CT molecular complexity index is 1090. The minimum Gasteiger partial charge on any atom is -0.481 e. The lowest BCUT2D eigenvalue weighted by Crippen LogP contribution is -2.47. The monoisotopic (exact) mass is 478 g/mol. The van der Waals surface area contributed by atoms with Crippen LogP contribution in [-0.2, 0) is 11.2 Å². The number of carboxylic acid groups (broad SMARTS) is 1. The highest BCUT2D eigenvalue weighted by Gasteiger charge is 2.43. The molecule has 3 heterocycles. The van der Waals surface area contributed by atoms with E-state index >= 15 is 0 Å². The van der Waals surface area contributed by atoms with E-state index in [9.17, 15) is 23.1 Å². The van der Waals surface area contributed by atoms with E-state index in [1.807, 2.05) is 17.5 Å². The maximum atomic E-state index is 13.1. The highest BCUT2D eigenvalue weighted by Crippen LogP contribution is 2.44. The van der Waals surface area contributed by atoms with Crippen LogP contribution in [0.5, 0.6) is 0 Å². The molecule has 3 aliphatic rings. The predicted molar refractivity (Wildman–Crippen MR) is 122 cm³/mol. The Kier molecular flexibility index (Phi) is 5.80. The maximum absolute atomic E-state index is 13.1. The Morgan fingerprint density at radius 1 is 1.18 bits per heavy atom. The van der Waals surface area contributed by atoms with Crippen LogP contribution in [0, 0.1) is 11.3 Å². The van der Waals surface area contributed by atoms with Gasteiger partial charge in [0, 0.05) is 30.6 Å². The van der Waals surface area contributed by atoms with Crippen molar-refractivity contribution in [1.29, 1.82) is 0 Å². The van der Waals surface area contributed by atoms with Crippen molar-refractivity contribution < 1.29 is 23.1 Å². The van der Waals surface area contributed by atoms with Crippen LogP contribution in [0.25, 0.3) is 5.65 Å². The number of hydrogen-bond acceptors (Lipinski definition) is 4. The van der Waals surface area contributed by atoms with E-state index < -0.39 is 23.5 Å². The van der Waals surface area contributed by atoms with Crippen molar-refractivity contribution in [3.8, 4) is 0 Å². The van der Waals surface area contributed by atoms with Gasteiger partial charge in [-0.15, -0.1) is 0 Å². The van der Waals surface area contributed by atoms with E-state index in [-0.39, 0.29) is 18.8 Å². The van der Waals surface area contributed by atoms with Crippen molar-refractivity contribution in [2.24, 2.45) is 11.3 Å². The molecule has 0 spiro atoms. The number of fused-ring (bicyclic) bond motifs is 2. The molecule has 2 aromatic heterocycles. The first kappa shape index (κ1) is 23.4. The molecular formula is C25H33F3N4O2. The lowest BCUT2D eigenvalue weighted by atomic mass is 9.80. The van der Waals surface area contributed by atoms with Crippen molar-refractivity contribution >= 4 is 17.4 Å². The first-order valence-corrected chi connectivity index (χ1v) is 12.5. The minimum atomic E-state index is -4.13. The second-order valence-corrected chi connectivity index (χ2v) is 10.9. The van der Waals surface area contributed by atoms with Gasteiger partial charge in [0.05, 0.1) is 22.7 Å². The van der Waals surface area contributed by atoms with Gasteiger partial charge in [-0.1, -0.05) is 6.92 Å². The van der Waals surface area contributed by atoms with E-state index in [0.717, 1.165) is 60.6 Å². The molecule has 1 saturated carbocycles. The number of piperidine rings is 1. The van der Waals surface area contributed by atoms with Gasteiger partial charge in [-0.3, -0.25) is 4.79 Å². The zero-order chi connectivity index (χ0) is 24.3. The number of rotatable bonds is 3. The molecule has 0 aromatic carbocycles. The van der Waals surface area contributed by atoms with Gasteiger partial charge in [0.15, 0.2) is 5.65 Å². The number of carboxylic acids is 1. The number of halogens is 3. The number of aryl methyl sites for hydroxylation is 1. The molecule has 0 amide bonds. The molecule has 1 saturated heterocycles. The summed E-state index contributed by atoms with van der Waals surface area (Å²) in [6, 6.07) is 1.95. The highest BCUT2D eigenvalue weighted by molar-refractivity contribution is 5.76. The fourth-order valence-electron chi connectivity index (χ4n) is 6.30. The maximum Gasteiger partial charge on any atom is 0.391 e. The van der Waals surface area contributed by atoms with Crippen LogP contribution in [0.1, 0.15) is 94.0 Å². The number of alkyl halides is 3. The van der Waals surface area contributed by atoms with Crippen LogP contribution in [0.4, 0.5) is 19.0 Å². The second-order valence-electron chi connectivity index (χ2n) is 10.9. The van der Waals surface area contributed by atoms with Crippen LogP contribution < -0.4 is 4.90 Å². The molecule has 6 nitrogen and oxygen atoms in total. The summed E-state index contributed by atoms with van der Waals surface area (Å²) in [4.78, 5) is 19.1. The van der Waals surface area contributed by atoms with E-state index in [2.05, 4.69) is 11.8 Å². The predicted octanol–water partition coefficient (Wildman–Crippen LogP) is 5.70. The first-order chi connectivity index (χ1) is 16.1. The van der Waals surface area contributed by atoms with E-state index in [0.29, 0.717) is 31.7 Å². The number of aliphatic carboxylic acids is 1. The van der Waals surface area contributed by atoms with Crippen LogP contribution in [0.2, 0.25) is 0 Å². The largest absolute Gasteiger partial charge is 0.481 e. The zero-order valence-corrected chi connectivity index (χ0v) is 19.9. The van der Waals surface area contributed by atoms with Crippen molar-refractivity contribution in [3.05, 3.63) is 23.0 Å². The van der Waals surface area contributed by atoms with Crippen molar-refractivity contribution in [3.63, 3.8) is 0 Å². The van der Waals surface area contributed by atoms with E-state index in [1.165, 1.54) is 0 Å². The average molecular weight is 479 g/mol. The molecule has 5 rings (SSSR count). The molecule has 1 aliphatic heterocycles. The fourth-order valence-corrected chi connectivity index (χ4v) is 6.30. The van der Waals surface area contributed by atoms with Gasteiger partial charge in [-0.25, -0.2) is 4.98 Å². The Morgan fingerprint density at radius 3 is 2.59 bits per heavy atom.